The summed E-state index contributed by atoms with van der Waals surface area (Å²) in [7, 11) is 4.03. The molecule has 2 aromatic heterocycles. The third-order valence-electron chi connectivity index (χ3n) is 6.80. The lowest BCUT2D eigenvalue weighted by molar-refractivity contribution is -0.580. The van der Waals surface area contributed by atoms with E-state index in [4.69, 9.17) is 9.15 Å². The molecule has 6 rings (SSSR count). The van der Waals surface area contributed by atoms with Crippen LogP contribution in [-0.4, -0.2) is 14.1 Å². The van der Waals surface area contributed by atoms with Gasteiger partial charge in [-0.25, -0.2) is 8.78 Å². The normalized spacial score (nSPS) is 17.2. The molecule has 2 aliphatic rings. The molecule has 6 nitrogen and oxygen atoms in total. The fraction of sp³-hybridized carbons (Fsp3) is 0.161. The predicted molar refractivity (Wildman–Crippen MR) is 147 cm³/mol. The summed E-state index contributed by atoms with van der Waals surface area (Å²) >= 11 is 0. The first kappa shape index (κ1) is 24.6. The van der Waals surface area contributed by atoms with Crippen molar-refractivity contribution in [2.75, 3.05) is 24.3 Å². The third kappa shape index (κ3) is 5.18. The van der Waals surface area contributed by atoms with Crippen LogP contribution in [0, 0.1) is 11.6 Å². The molecular formula is C31H28F2N4O2+2. The summed E-state index contributed by atoms with van der Waals surface area (Å²) in [5.41, 5.74) is 6.27. The number of allylic oxidation sites excluding steroid dienone is 6. The van der Waals surface area contributed by atoms with E-state index in [1.807, 2.05) is 26.2 Å². The first-order valence-corrected chi connectivity index (χ1v) is 12.8. The Morgan fingerprint density at radius 3 is 2.56 bits per heavy atom. The molecule has 1 aliphatic heterocycles. The van der Waals surface area contributed by atoms with Crippen LogP contribution < -0.4 is 24.5 Å². The van der Waals surface area contributed by atoms with Gasteiger partial charge in [0.25, 0.3) is 5.52 Å². The highest BCUT2D eigenvalue weighted by Crippen LogP contribution is 2.35. The van der Waals surface area contributed by atoms with Crippen molar-refractivity contribution < 1.29 is 27.5 Å². The van der Waals surface area contributed by atoms with Crippen LogP contribution in [0.1, 0.15) is 25.2 Å². The average Bonchev–Trinajstić information content (AvgIpc) is 3.53. The van der Waals surface area contributed by atoms with Crippen LogP contribution in [0.25, 0.3) is 22.9 Å². The lowest BCUT2D eigenvalue weighted by Crippen LogP contribution is -2.35. The Kier molecular flexibility index (Phi) is 6.44. The van der Waals surface area contributed by atoms with E-state index in [2.05, 4.69) is 56.4 Å². The van der Waals surface area contributed by atoms with E-state index >= 15 is 0 Å². The molecule has 1 aliphatic carbocycles. The molecule has 4 aromatic rings. The van der Waals surface area contributed by atoms with Crippen molar-refractivity contribution in [2.45, 2.75) is 19.3 Å². The second-order valence-corrected chi connectivity index (χ2v) is 9.74. The monoisotopic (exact) mass is 526 g/mol. The molecular weight excluding hydrogens is 498 g/mol. The van der Waals surface area contributed by atoms with Crippen LogP contribution in [0.3, 0.4) is 0 Å². The van der Waals surface area contributed by atoms with Gasteiger partial charge in [-0.3, -0.25) is 0 Å². The van der Waals surface area contributed by atoms with E-state index in [0.717, 1.165) is 41.8 Å². The van der Waals surface area contributed by atoms with E-state index in [9.17, 15) is 8.78 Å². The zero-order chi connectivity index (χ0) is 26.9. The zero-order valence-electron chi connectivity index (χ0n) is 21.7. The molecule has 196 valence electrons. The van der Waals surface area contributed by atoms with Gasteiger partial charge in [0, 0.05) is 55.2 Å². The number of ether oxygens (including phenoxy) is 1. The van der Waals surface area contributed by atoms with Crippen molar-refractivity contribution in [3.8, 4) is 5.75 Å². The molecule has 3 heterocycles. The Morgan fingerprint density at radius 1 is 0.949 bits per heavy atom. The Morgan fingerprint density at radius 2 is 1.74 bits per heavy atom. The number of aromatic nitrogens is 2. The second kappa shape index (κ2) is 10.2. The molecule has 0 bridgehead atoms. The summed E-state index contributed by atoms with van der Waals surface area (Å²) in [4.78, 5) is 5.19. The van der Waals surface area contributed by atoms with Gasteiger partial charge in [0.15, 0.2) is 24.0 Å². The molecule has 39 heavy (non-hydrogen) atoms. The van der Waals surface area contributed by atoms with Gasteiger partial charge in [-0.15, -0.1) is 0 Å². The number of fused-ring (bicyclic) bond motifs is 2. The number of benzene rings is 2. The van der Waals surface area contributed by atoms with E-state index in [-0.39, 0.29) is 11.6 Å². The van der Waals surface area contributed by atoms with Gasteiger partial charge in [0.2, 0.25) is 11.3 Å². The van der Waals surface area contributed by atoms with Crippen LogP contribution in [-0.2, 0) is 0 Å². The van der Waals surface area contributed by atoms with Gasteiger partial charge in [-0.05, 0) is 61.8 Å². The number of hydrogen-bond acceptors (Lipinski definition) is 4. The number of aromatic amines is 1. The first-order chi connectivity index (χ1) is 18.9. The van der Waals surface area contributed by atoms with Gasteiger partial charge in [-0.1, -0.05) is 0 Å². The summed E-state index contributed by atoms with van der Waals surface area (Å²) in [5, 5.41) is 3.13. The number of hydrogen-bond donors (Lipinski definition) is 1. The van der Waals surface area contributed by atoms with Crippen molar-refractivity contribution in [3.05, 3.63) is 114 Å². The van der Waals surface area contributed by atoms with Crippen molar-refractivity contribution in [3.63, 3.8) is 0 Å². The van der Waals surface area contributed by atoms with E-state index in [1.54, 1.807) is 12.1 Å². The van der Waals surface area contributed by atoms with Crippen LogP contribution in [0.2, 0.25) is 0 Å². The standard InChI is InChI=1S/C31H27F2N4O2/c1-36(2)24-14-16-37(17-15-24)31-20(6-12-29-34-25-18-22(32)8-10-27(25)38-29)4-3-5-21(31)7-13-30-35-26-19-23(33)9-11-28(26)39-30/h6-19,34H,3-5H2,1-2H3/q+1/p+1/b13-7+,20-6+,29-12-. The molecule has 0 saturated carbocycles. The second-order valence-electron chi connectivity index (χ2n) is 9.74. The molecule has 2 aromatic carbocycles. The lowest BCUT2D eigenvalue weighted by Gasteiger charge is -2.17. The van der Waals surface area contributed by atoms with E-state index in [0.29, 0.717) is 34.3 Å². The van der Waals surface area contributed by atoms with Crippen molar-refractivity contribution in [1.29, 1.82) is 0 Å². The maximum Gasteiger partial charge on any atom is 0.372 e. The molecule has 0 saturated heterocycles. The highest BCUT2D eigenvalue weighted by molar-refractivity contribution is 5.71. The number of pyridine rings is 1. The predicted octanol–water partition coefficient (Wildman–Crippen LogP) is 6.26. The van der Waals surface area contributed by atoms with Gasteiger partial charge < -0.3 is 19.4 Å². The smallest absolute Gasteiger partial charge is 0.372 e. The van der Waals surface area contributed by atoms with Gasteiger partial charge >= 0.3 is 5.89 Å². The van der Waals surface area contributed by atoms with E-state index in [1.165, 1.54) is 24.3 Å². The van der Waals surface area contributed by atoms with Crippen LogP contribution in [0.5, 0.6) is 5.75 Å². The van der Waals surface area contributed by atoms with Crippen molar-refractivity contribution >= 4 is 34.2 Å². The summed E-state index contributed by atoms with van der Waals surface area (Å²) in [6.07, 6.45) is 14.7. The Balaban J connectivity index is 1.37. The molecule has 0 amide bonds. The Bertz CT molecular complexity index is 1680. The lowest BCUT2D eigenvalue weighted by atomic mass is 9.90. The number of oxazole rings is 1. The summed E-state index contributed by atoms with van der Waals surface area (Å²) in [6.45, 7) is 0. The minimum Gasteiger partial charge on any atom is -0.439 e. The summed E-state index contributed by atoms with van der Waals surface area (Å²) in [6, 6.07) is 13.0. The van der Waals surface area contributed by atoms with Crippen molar-refractivity contribution in [1.82, 2.24) is 0 Å². The number of H-pyrrole nitrogens is 1. The largest absolute Gasteiger partial charge is 0.439 e. The highest BCUT2D eigenvalue weighted by atomic mass is 19.1. The highest BCUT2D eigenvalue weighted by Gasteiger charge is 2.25. The minimum absolute atomic E-state index is 0.317. The minimum atomic E-state index is -0.317. The molecule has 0 radical (unpaired) electrons. The van der Waals surface area contributed by atoms with Crippen molar-refractivity contribution in [2.24, 2.45) is 0 Å². The summed E-state index contributed by atoms with van der Waals surface area (Å²) < 4.78 is 41.1. The van der Waals surface area contributed by atoms with Crippen LogP contribution in [0.4, 0.5) is 20.2 Å². The van der Waals surface area contributed by atoms with Crippen LogP contribution in [0.15, 0.2) is 101 Å². The molecule has 0 atom stereocenters. The van der Waals surface area contributed by atoms with Crippen LogP contribution >= 0.6 is 0 Å². The SMILES string of the molecule is CN(C)c1cc[n+](C2=C(/C=C/c3[nH+]c4cc(F)ccc4o3)CCC/C2=C\C=C2\Nc3cc(F)ccc3O2)cc1. The number of nitrogens with one attached hydrogen (secondary N) is 2. The van der Waals surface area contributed by atoms with Gasteiger partial charge in [-0.2, -0.15) is 9.55 Å². The molecule has 0 spiro atoms. The molecule has 8 heteroatoms. The molecule has 0 fully saturated rings. The maximum atomic E-state index is 13.6. The fourth-order valence-electron chi connectivity index (χ4n) is 4.87. The van der Waals surface area contributed by atoms with E-state index < -0.39 is 0 Å². The zero-order valence-corrected chi connectivity index (χ0v) is 21.7. The quantitative estimate of drug-likeness (QED) is 0.312. The number of nitrogens with zero attached hydrogens (tertiary/aromatic N) is 2. The molecule has 2 N–H and O–H groups in total. The summed E-state index contributed by atoms with van der Waals surface area (Å²) in [5.74, 6) is 1.05. The average molecular weight is 527 g/mol. The first-order valence-electron chi connectivity index (χ1n) is 12.8. The van der Waals surface area contributed by atoms with Gasteiger partial charge in [0.1, 0.15) is 11.6 Å². The maximum absolute atomic E-state index is 13.6. The topological polar surface area (TPSA) is 55.7 Å². The Hall–Kier alpha value is -4.72. The Labute approximate surface area is 224 Å². The number of anilines is 2. The third-order valence-corrected chi connectivity index (χ3v) is 6.80. The van der Waals surface area contributed by atoms with Gasteiger partial charge in [0.05, 0.1) is 11.8 Å². The molecule has 0 unspecified atom stereocenters. The fourth-order valence-corrected chi connectivity index (χ4v) is 4.87. The number of rotatable bonds is 5. The number of halogens is 2.